The molecular weight excluding hydrogens is 962 g/mol. The fourth-order valence-corrected chi connectivity index (χ4v) is 8.64. The lowest BCUT2D eigenvalue weighted by Crippen LogP contribution is -2.76. The minimum atomic E-state index is -0.848. The van der Waals surface area contributed by atoms with Gasteiger partial charge in [0.25, 0.3) is 0 Å². The summed E-state index contributed by atoms with van der Waals surface area (Å²) in [5, 5.41) is 27.5. The molecule has 19 nitrogen and oxygen atoms in total. The maximum absolute atomic E-state index is 14.3. The molecule has 0 radical (unpaired) electrons. The number of nitrogens with zero attached hydrogens (tertiary/aromatic N) is 4. The summed E-state index contributed by atoms with van der Waals surface area (Å²) in [7, 11) is 1.69. The number of likely N-dealkylation sites (N-methyl/N-ethyl adjacent to an activating group) is 1. The molecule has 5 unspecified atom stereocenters. The van der Waals surface area contributed by atoms with Gasteiger partial charge in [0.2, 0.25) is 23.6 Å². The number of hydrogen-bond acceptors (Lipinski definition) is 13. The average Bonchev–Trinajstić information content (AvgIpc) is 4.19. The first-order valence-electron chi connectivity index (χ1n) is 25.7. The van der Waals surface area contributed by atoms with Gasteiger partial charge in [-0.3, -0.25) is 19.2 Å². The number of fused-ring (bicyclic) bond motifs is 1. The zero-order valence-corrected chi connectivity index (χ0v) is 44.0. The van der Waals surface area contributed by atoms with E-state index in [1.165, 1.54) is 23.0 Å². The zero-order chi connectivity index (χ0) is 53.7. The van der Waals surface area contributed by atoms with Gasteiger partial charge in [0.05, 0.1) is 83.1 Å². The van der Waals surface area contributed by atoms with Gasteiger partial charge in [0, 0.05) is 71.6 Å². The molecule has 6 rings (SSSR count). The molecule has 404 valence electrons. The number of aromatic amines is 1. The number of carbonyl (C=O) groups excluding carboxylic acids is 4. The van der Waals surface area contributed by atoms with Crippen molar-refractivity contribution in [1.29, 1.82) is 5.41 Å². The number of H-pyrrole nitrogens is 1. The Labute approximate surface area is 438 Å². The second-order valence-electron chi connectivity index (χ2n) is 19.5. The summed E-state index contributed by atoms with van der Waals surface area (Å²) in [5.41, 5.74) is 4.78. The predicted octanol–water partition coefficient (Wildman–Crippen LogP) is 4.38. The Kier molecular flexibility index (Phi) is 22.3. The number of nitrogens with one attached hydrogen (secondary N) is 6. The fraction of sp³-hybridized carbons (Fsp3) is 0.473. The van der Waals surface area contributed by atoms with Crippen LogP contribution in [0.25, 0.3) is 27.7 Å². The third kappa shape index (κ3) is 17.0. The van der Waals surface area contributed by atoms with E-state index in [9.17, 15) is 23.6 Å². The van der Waals surface area contributed by atoms with E-state index in [2.05, 4.69) is 36.3 Å². The van der Waals surface area contributed by atoms with Crippen molar-refractivity contribution in [2.24, 2.45) is 5.41 Å². The number of nitrogens with two attached hydrogens (primary N) is 1. The van der Waals surface area contributed by atoms with E-state index in [0.717, 1.165) is 27.6 Å². The van der Waals surface area contributed by atoms with E-state index in [4.69, 9.17) is 24.4 Å². The van der Waals surface area contributed by atoms with Gasteiger partial charge in [-0.05, 0) is 56.0 Å². The number of pyridine rings is 1. The monoisotopic (exact) mass is 1040 g/mol. The van der Waals surface area contributed by atoms with E-state index < -0.39 is 23.5 Å². The largest absolute Gasteiger partial charge is 0.379 e. The summed E-state index contributed by atoms with van der Waals surface area (Å²) in [6.45, 7) is 13.5. The van der Waals surface area contributed by atoms with Gasteiger partial charge < -0.3 is 60.8 Å². The third-order valence-electron chi connectivity index (χ3n) is 13.0. The molecule has 75 heavy (non-hydrogen) atoms. The molecule has 0 spiro atoms. The normalized spacial score (nSPS) is 16.2. The van der Waals surface area contributed by atoms with E-state index in [0.29, 0.717) is 95.5 Å². The summed E-state index contributed by atoms with van der Waals surface area (Å²) in [6, 6.07) is 15.7. The highest BCUT2D eigenvalue weighted by atomic mass is 19.1. The molecule has 0 bridgehead atoms. The van der Waals surface area contributed by atoms with Crippen molar-refractivity contribution in [3.8, 4) is 11.1 Å². The van der Waals surface area contributed by atoms with Crippen LogP contribution in [0, 0.1) is 16.6 Å². The second-order valence-corrected chi connectivity index (χ2v) is 19.5. The zero-order valence-electron chi connectivity index (χ0n) is 44.0. The molecular formula is C55H75FN11O8+. The number of quaternary nitrogens is 1. The molecule has 1 fully saturated rings. The molecule has 2 aromatic carbocycles. The number of carbonyl (C=O) groups is 4. The molecule has 4 heterocycles. The van der Waals surface area contributed by atoms with Crippen molar-refractivity contribution in [2.75, 3.05) is 73.0 Å². The highest BCUT2D eigenvalue weighted by Gasteiger charge is 2.45. The fourth-order valence-electron chi connectivity index (χ4n) is 8.64. The molecule has 8 N–H and O–H groups in total. The molecule has 1 aliphatic rings. The topological polar surface area (TPSA) is 244 Å². The number of rotatable bonds is 30. The quantitative estimate of drug-likeness (QED) is 0.0251. The van der Waals surface area contributed by atoms with Crippen LogP contribution in [0.5, 0.6) is 0 Å². The Bertz CT molecular complexity index is 2670. The summed E-state index contributed by atoms with van der Waals surface area (Å²) in [4.78, 5) is 63.5. The Morgan fingerprint density at radius 1 is 0.920 bits per heavy atom. The van der Waals surface area contributed by atoms with Crippen LogP contribution in [0.15, 0.2) is 91.7 Å². The van der Waals surface area contributed by atoms with Gasteiger partial charge in [-0.2, -0.15) is 5.10 Å². The Balaban J connectivity index is 0.847. The van der Waals surface area contributed by atoms with Crippen LogP contribution in [0.3, 0.4) is 0 Å². The van der Waals surface area contributed by atoms with Crippen LogP contribution in [0.4, 0.5) is 4.39 Å². The molecule has 0 saturated carbocycles. The Morgan fingerprint density at radius 3 is 2.29 bits per heavy atom. The lowest BCUT2D eigenvalue weighted by atomic mass is 9.85. The summed E-state index contributed by atoms with van der Waals surface area (Å²) in [5.74, 6) is -1.34. The first kappa shape index (κ1) is 57.8. The first-order valence-corrected chi connectivity index (χ1v) is 25.7. The molecule has 0 aliphatic carbocycles. The lowest BCUT2D eigenvalue weighted by Gasteiger charge is -2.36. The lowest BCUT2D eigenvalue weighted by molar-refractivity contribution is -0.603. The highest BCUT2D eigenvalue weighted by molar-refractivity contribution is 6.13. The number of likely N-dealkylation sites (tertiary alicyclic amines) is 1. The van der Waals surface area contributed by atoms with E-state index in [1.807, 2.05) is 81.7 Å². The Morgan fingerprint density at radius 2 is 1.63 bits per heavy atom. The SMILES string of the molecule is CCC(NC(=O)C1CC(NCCOCCOCCOCCOCCC(=O)n2cc(-c3cnc4[nH]cc(C(C=N)=C[NH2+]Cc5cccc(F)c5)c4c3)cn2)CN1C(=O)C(NC(=O)C(C)NC)C(C)(C)C)c1ccccc1. The number of hydrogen-bond donors (Lipinski definition) is 7. The van der Waals surface area contributed by atoms with Crippen LogP contribution in [0.1, 0.15) is 81.4 Å². The van der Waals surface area contributed by atoms with Gasteiger partial charge in [0.1, 0.15) is 36.3 Å². The Hall–Kier alpha value is -6.52. The molecule has 5 aromatic rings. The third-order valence-corrected chi connectivity index (χ3v) is 13.0. The van der Waals surface area contributed by atoms with Gasteiger partial charge in [-0.15, -0.1) is 0 Å². The second kappa shape index (κ2) is 29.0. The van der Waals surface area contributed by atoms with Gasteiger partial charge in [-0.25, -0.2) is 14.1 Å². The number of aromatic nitrogens is 4. The van der Waals surface area contributed by atoms with Crippen LogP contribution in [-0.4, -0.2) is 152 Å². The van der Waals surface area contributed by atoms with Crippen LogP contribution in [0.2, 0.25) is 0 Å². The van der Waals surface area contributed by atoms with Crippen molar-refractivity contribution in [2.45, 2.75) is 90.6 Å². The van der Waals surface area contributed by atoms with E-state index in [-0.39, 0.29) is 54.6 Å². The van der Waals surface area contributed by atoms with E-state index >= 15 is 0 Å². The van der Waals surface area contributed by atoms with Crippen molar-refractivity contribution >= 4 is 46.4 Å². The van der Waals surface area contributed by atoms with Gasteiger partial charge >= 0.3 is 0 Å². The highest BCUT2D eigenvalue weighted by Crippen LogP contribution is 2.29. The smallest absolute Gasteiger partial charge is 0.249 e. The van der Waals surface area contributed by atoms with E-state index in [1.54, 1.807) is 49.7 Å². The standard InChI is InChI=1S/C55H74FN11O8/c1-7-47(39-13-9-8-10-14-39)64-53(70)48-28-44(36-66(48)54(71)50(55(3,4)5)65-52(69)37(2)58-6)60-17-19-73-21-23-75-25-24-74-22-20-72-18-16-49(68)67-35-42(33-63-67)40-27-45-46(34-62-51(45)61-32-40)41(29-57)31-59-30-38-12-11-15-43(56)26-38/h8-15,26-27,29,31-35,37,44,47-48,50,57-60H,7,16-25,28,30,36H2,1-6H3,(H,61,62)(H,64,70)(H,65,69)/p+1. The summed E-state index contributed by atoms with van der Waals surface area (Å²) < 4.78 is 37.6. The molecule has 5 atom stereocenters. The maximum atomic E-state index is 14.3. The predicted molar refractivity (Wildman–Crippen MR) is 284 cm³/mol. The number of amides is 3. The van der Waals surface area contributed by atoms with Gasteiger partial charge in [-0.1, -0.05) is 70.2 Å². The van der Waals surface area contributed by atoms with Crippen molar-refractivity contribution in [1.82, 2.24) is 45.9 Å². The molecule has 3 amide bonds. The first-order chi connectivity index (χ1) is 36.2. The number of ether oxygens (including phenoxy) is 4. The molecule has 1 aliphatic heterocycles. The van der Waals surface area contributed by atoms with Crippen molar-refractivity contribution in [3.63, 3.8) is 0 Å². The maximum Gasteiger partial charge on any atom is 0.249 e. The van der Waals surface area contributed by atoms with Crippen LogP contribution in [-0.2, 0) is 39.9 Å². The number of allylic oxidation sites excluding steroid dienone is 1. The van der Waals surface area contributed by atoms with Crippen LogP contribution >= 0.6 is 0 Å². The molecule has 1 saturated heterocycles. The minimum absolute atomic E-state index is 0.124. The number of halogens is 1. The molecule has 3 aromatic heterocycles. The molecule has 20 heteroatoms. The summed E-state index contributed by atoms with van der Waals surface area (Å²) >= 11 is 0. The average molecular weight is 1040 g/mol. The summed E-state index contributed by atoms with van der Waals surface area (Å²) in [6.07, 6.45) is 11.1. The van der Waals surface area contributed by atoms with Crippen molar-refractivity contribution in [3.05, 3.63) is 114 Å². The van der Waals surface area contributed by atoms with Crippen LogP contribution < -0.4 is 26.6 Å². The minimum Gasteiger partial charge on any atom is -0.379 e. The van der Waals surface area contributed by atoms with Crippen molar-refractivity contribution < 1.29 is 47.8 Å². The van der Waals surface area contributed by atoms with Gasteiger partial charge in [0.15, 0.2) is 0 Å². The number of benzene rings is 2.